The van der Waals surface area contributed by atoms with Gasteiger partial charge in [-0.2, -0.15) is 0 Å². The highest BCUT2D eigenvalue weighted by Gasteiger charge is 2.46. The molecule has 0 spiro atoms. The number of primary amides is 1. The first-order chi connectivity index (χ1) is 20.4. The smallest absolute Gasteiger partial charge is 0.315 e. The average molecular weight is 636 g/mol. The minimum atomic E-state index is -1.11. The molecule has 12 nitrogen and oxygen atoms in total. The van der Waals surface area contributed by atoms with Crippen LogP contribution in [0.25, 0.3) is 0 Å². The molecule has 0 radical (unpaired) electrons. The van der Waals surface area contributed by atoms with Crippen molar-refractivity contribution in [3.63, 3.8) is 0 Å². The van der Waals surface area contributed by atoms with Gasteiger partial charge in [-0.15, -0.1) is 0 Å². The third-order valence-electron chi connectivity index (χ3n) is 8.74. The first-order valence-corrected chi connectivity index (χ1v) is 16.1. The SMILES string of the molecule is CC(C)[C@@H]1CC(C(=O)NC(CC2CC2)C(=O)C(N)=O)N(C(=O)[C@@H](NC(=O)N[C@H](COC(=O)C(C)(C)C)C(C)(C)C)C(C)(C)C)C1. The maximum Gasteiger partial charge on any atom is 0.315 e. The summed E-state index contributed by atoms with van der Waals surface area (Å²) in [7, 11) is 0. The van der Waals surface area contributed by atoms with Crippen molar-refractivity contribution in [2.45, 2.75) is 126 Å². The van der Waals surface area contributed by atoms with Crippen LogP contribution >= 0.6 is 0 Å². The molecule has 0 bridgehead atoms. The van der Waals surface area contributed by atoms with E-state index in [-0.39, 0.29) is 24.4 Å². The van der Waals surface area contributed by atoms with Crippen molar-refractivity contribution in [2.75, 3.05) is 13.2 Å². The zero-order chi connectivity index (χ0) is 34.7. The summed E-state index contributed by atoms with van der Waals surface area (Å²) in [5.74, 6) is -2.87. The van der Waals surface area contributed by atoms with Crippen LogP contribution < -0.4 is 21.7 Å². The van der Waals surface area contributed by atoms with Crippen molar-refractivity contribution in [3.8, 4) is 0 Å². The topological polar surface area (TPSA) is 177 Å². The Morgan fingerprint density at radius 3 is 1.89 bits per heavy atom. The monoisotopic (exact) mass is 635 g/mol. The lowest BCUT2D eigenvalue weighted by molar-refractivity contribution is -0.154. The van der Waals surface area contributed by atoms with Gasteiger partial charge in [-0.25, -0.2) is 4.79 Å². The molecule has 5 atom stereocenters. The van der Waals surface area contributed by atoms with Crippen LogP contribution in [0.1, 0.15) is 102 Å². The third-order valence-corrected chi connectivity index (χ3v) is 8.74. The van der Waals surface area contributed by atoms with E-state index in [2.05, 4.69) is 16.0 Å². The second-order valence-electron chi connectivity index (χ2n) is 16.4. The summed E-state index contributed by atoms with van der Waals surface area (Å²) in [6.45, 7) is 20.8. The van der Waals surface area contributed by atoms with Crippen molar-refractivity contribution in [1.82, 2.24) is 20.9 Å². The minimum Gasteiger partial charge on any atom is -0.463 e. The average Bonchev–Trinajstić information content (AvgIpc) is 3.59. The van der Waals surface area contributed by atoms with Gasteiger partial charge in [-0.1, -0.05) is 68.2 Å². The van der Waals surface area contributed by atoms with Gasteiger partial charge < -0.3 is 31.3 Å². The second kappa shape index (κ2) is 14.5. The number of likely N-dealkylation sites (tertiary alicyclic amines) is 1. The van der Waals surface area contributed by atoms with Crippen LogP contribution in [-0.4, -0.2) is 77.7 Å². The number of carbonyl (C=O) groups excluding carboxylic acids is 6. The molecule has 5 N–H and O–H groups in total. The van der Waals surface area contributed by atoms with Crippen molar-refractivity contribution >= 4 is 35.5 Å². The number of hydrogen-bond acceptors (Lipinski definition) is 7. The van der Waals surface area contributed by atoms with Gasteiger partial charge in [0.1, 0.15) is 18.7 Å². The number of ether oxygens (including phenoxy) is 1. The molecule has 0 aromatic heterocycles. The van der Waals surface area contributed by atoms with Crippen LogP contribution in [-0.2, 0) is 28.7 Å². The lowest BCUT2D eigenvalue weighted by Crippen LogP contribution is -2.61. The fourth-order valence-electron chi connectivity index (χ4n) is 5.23. The molecule has 0 aromatic carbocycles. The predicted octanol–water partition coefficient (Wildman–Crippen LogP) is 2.92. The molecule has 2 fully saturated rings. The van der Waals surface area contributed by atoms with Crippen molar-refractivity contribution in [2.24, 2.45) is 39.7 Å². The highest BCUT2D eigenvalue weighted by atomic mass is 16.5. The Labute approximate surface area is 268 Å². The third kappa shape index (κ3) is 11.0. The summed E-state index contributed by atoms with van der Waals surface area (Å²) in [5.41, 5.74) is 3.36. The summed E-state index contributed by atoms with van der Waals surface area (Å²) in [4.78, 5) is 79.4. The van der Waals surface area contributed by atoms with Gasteiger partial charge in [0.15, 0.2) is 0 Å². The lowest BCUT2D eigenvalue weighted by Gasteiger charge is -2.37. The van der Waals surface area contributed by atoms with E-state index in [0.29, 0.717) is 19.4 Å². The predicted molar refractivity (Wildman–Crippen MR) is 170 cm³/mol. The number of hydrogen-bond donors (Lipinski definition) is 4. The van der Waals surface area contributed by atoms with E-state index in [1.165, 1.54) is 4.90 Å². The maximum atomic E-state index is 14.2. The molecule has 1 aliphatic heterocycles. The van der Waals surface area contributed by atoms with E-state index >= 15 is 0 Å². The molecule has 45 heavy (non-hydrogen) atoms. The molecular formula is C33H57N5O7. The van der Waals surface area contributed by atoms with E-state index in [1.54, 1.807) is 20.8 Å². The number of nitrogens with one attached hydrogen (secondary N) is 3. The molecule has 2 rings (SSSR count). The first kappa shape index (κ1) is 38.0. The number of Topliss-reactive ketones (excluding diaryl/α,β-unsaturated/α-hetero) is 1. The number of ketones is 1. The summed E-state index contributed by atoms with van der Waals surface area (Å²) < 4.78 is 5.51. The lowest BCUT2D eigenvalue weighted by atomic mass is 9.85. The van der Waals surface area contributed by atoms with Gasteiger partial charge >= 0.3 is 12.0 Å². The molecule has 256 valence electrons. The Hall–Kier alpha value is -3.18. The number of amides is 5. The summed E-state index contributed by atoms with van der Waals surface area (Å²) in [5, 5.41) is 8.45. The van der Waals surface area contributed by atoms with Crippen molar-refractivity contribution in [1.29, 1.82) is 0 Å². The molecule has 2 unspecified atom stereocenters. The van der Waals surface area contributed by atoms with Crippen molar-refractivity contribution in [3.05, 3.63) is 0 Å². The molecule has 2 aliphatic rings. The number of nitrogens with zero attached hydrogens (tertiary/aromatic N) is 1. The van der Waals surface area contributed by atoms with E-state index in [4.69, 9.17) is 10.5 Å². The molecule has 1 heterocycles. The normalized spacial score (nSPS) is 21.0. The van der Waals surface area contributed by atoms with E-state index in [1.807, 2.05) is 55.4 Å². The first-order valence-electron chi connectivity index (χ1n) is 16.1. The van der Waals surface area contributed by atoms with E-state index in [9.17, 15) is 28.8 Å². The molecule has 12 heteroatoms. The molecule has 5 amide bonds. The summed E-state index contributed by atoms with van der Waals surface area (Å²) in [6.07, 6.45) is 2.54. The van der Waals surface area contributed by atoms with Gasteiger partial charge in [-0.3, -0.25) is 24.0 Å². The van der Waals surface area contributed by atoms with Crippen molar-refractivity contribution < 1.29 is 33.5 Å². The number of esters is 1. The molecule has 1 aliphatic carbocycles. The largest absolute Gasteiger partial charge is 0.463 e. The molecule has 1 saturated heterocycles. The van der Waals surface area contributed by atoms with Crippen LogP contribution in [0, 0.1) is 34.0 Å². The Balaban J connectivity index is 2.28. The molecular weight excluding hydrogens is 578 g/mol. The molecule has 0 aromatic rings. The Morgan fingerprint density at radius 2 is 1.44 bits per heavy atom. The van der Waals surface area contributed by atoms with Crippen LogP contribution in [0.3, 0.4) is 0 Å². The highest BCUT2D eigenvalue weighted by molar-refractivity contribution is 6.37. The Bertz CT molecular complexity index is 1130. The van der Waals surface area contributed by atoms with Gasteiger partial charge in [0.05, 0.1) is 17.5 Å². The number of rotatable bonds is 12. The second-order valence-corrected chi connectivity index (χ2v) is 16.4. The quantitative estimate of drug-likeness (QED) is 0.188. The number of nitrogens with two attached hydrogens (primary N) is 1. The van der Waals surface area contributed by atoms with Gasteiger partial charge in [0, 0.05) is 6.54 Å². The van der Waals surface area contributed by atoms with E-state index in [0.717, 1.165) is 12.8 Å². The summed E-state index contributed by atoms with van der Waals surface area (Å²) in [6, 6.07) is -4.10. The number of carbonyl (C=O) groups is 6. The number of urea groups is 1. The summed E-state index contributed by atoms with van der Waals surface area (Å²) >= 11 is 0. The van der Waals surface area contributed by atoms with Gasteiger partial charge in [-0.05, 0) is 62.2 Å². The standard InChI is InChI=1S/C33H57N5O7/c1-18(2)20-15-22(27(41)35-21(14-19-12-13-19)24(39)26(34)40)38(16-20)28(42)25(32(6,7)8)37-30(44)36-23(31(3,4)5)17-45-29(43)33(9,10)11/h18-23,25H,12-17H2,1-11H3,(H2,34,40)(H,35,41)(H2,36,37,44)/t20-,21?,22?,23-,25-/m1/s1. The Kier molecular flexibility index (Phi) is 12.2. The fourth-order valence-corrected chi connectivity index (χ4v) is 5.23. The highest BCUT2D eigenvalue weighted by Crippen LogP contribution is 2.35. The fraction of sp³-hybridized carbons (Fsp3) is 0.818. The Morgan fingerprint density at radius 1 is 0.867 bits per heavy atom. The van der Waals surface area contributed by atoms with Crippen LogP contribution in [0.5, 0.6) is 0 Å². The van der Waals surface area contributed by atoms with Gasteiger partial charge in [0.25, 0.3) is 5.91 Å². The van der Waals surface area contributed by atoms with Crippen LogP contribution in [0.4, 0.5) is 4.79 Å². The zero-order valence-corrected chi connectivity index (χ0v) is 29.2. The molecule has 1 saturated carbocycles. The minimum absolute atomic E-state index is 0.00985. The maximum absolute atomic E-state index is 14.2. The van der Waals surface area contributed by atoms with Crippen LogP contribution in [0.15, 0.2) is 0 Å². The van der Waals surface area contributed by atoms with E-state index < -0.39 is 75.9 Å². The van der Waals surface area contributed by atoms with Gasteiger partial charge in [0.2, 0.25) is 17.6 Å². The van der Waals surface area contributed by atoms with Crippen LogP contribution in [0.2, 0.25) is 0 Å². The zero-order valence-electron chi connectivity index (χ0n) is 29.2.